The summed E-state index contributed by atoms with van der Waals surface area (Å²) in [6.45, 7) is 3.74. The summed E-state index contributed by atoms with van der Waals surface area (Å²) in [5, 5.41) is 0. The predicted octanol–water partition coefficient (Wildman–Crippen LogP) is 3.06. The Labute approximate surface area is 147 Å². The van der Waals surface area contributed by atoms with Gasteiger partial charge in [0, 0.05) is 23.8 Å². The summed E-state index contributed by atoms with van der Waals surface area (Å²) < 4.78 is 20.8. The number of esters is 2. The zero-order valence-electron chi connectivity index (χ0n) is 14.8. The smallest absolute Gasteiger partial charge is 0.334 e. The average molecular weight is 346 g/mol. The summed E-state index contributed by atoms with van der Waals surface area (Å²) in [6, 6.07) is 4.87. The molecule has 0 saturated carbocycles. The van der Waals surface area contributed by atoms with Crippen molar-refractivity contribution in [2.24, 2.45) is 5.41 Å². The van der Waals surface area contributed by atoms with E-state index in [1.54, 1.807) is 50.3 Å². The third-order valence-electron chi connectivity index (χ3n) is 3.86. The molecular formula is C19H22O6. The van der Waals surface area contributed by atoms with Gasteiger partial charge in [0.2, 0.25) is 0 Å². The second kappa shape index (κ2) is 7.88. The zero-order valence-corrected chi connectivity index (χ0v) is 14.8. The van der Waals surface area contributed by atoms with Crippen molar-refractivity contribution in [2.45, 2.75) is 20.3 Å². The first-order chi connectivity index (χ1) is 11.9. The van der Waals surface area contributed by atoms with Gasteiger partial charge in [-0.15, -0.1) is 0 Å². The highest BCUT2D eigenvalue weighted by Gasteiger charge is 2.37. The van der Waals surface area contributed by atoms with Crippen molar-refractivity contribution in [1.29, 1.82) is 0 Å². The van der Waals surface area contributed by atoms with Crippen molar-refractivity contribution in [2.75, 3.05) is 20.8 Å². The molecule has 6 heteroatoms. The third kappa shape index (κ3) is 4.41. The number of allylic oxidation sites excluding steroid dienone is 2. The summed E-state index contributed by atoms with van der Waals surface area (Å²) in [7, 11) is 3.03. The number of rotatable bonds is 6. The molecule has 0 N–H and O–H groups in total. The SMILES string of the molecule is CCOC(=O)C1=CC=CC(C)(C(=O)Oc2cc(OC)cc(OC)c2)C1. The Morgan fingerprint density at radius 3 is 2.24 bits per heavy atom. The van der Waals surface area contributed by atoms with Crippen LogP contribution in [0.4, 0.5) is 0 Å². The predicted molar refractivity (Wildman–Crippen MR) is 91.8 cm³/mol. The average Bonchev–Trinajstić information content (AvgIpc) is 2.61. The van der Waals surface area contributed by atoms with E-state index in [0.717, 1.165) is 0 Å². The van der Waals surface area contributed by atoms with E-state index >= 15 is 0 Å². The molecule has 1 aliphatic carbocycles. The summed E-state index contributed by atoms with van der Waals surface area (Å²) in [5.41, 5.74) is -0.528. The van der Waals surface area contributed by atoms with Crippen molar-refractivity contribution < 1.29 is 28.5 Å². The summed E-state index contributed by atoms with van der Waals surface area (Å²) in [6.07, 6.45) is 5.25. The van der Waals surface area contributed by atoms with Gasteiger partial charge in [-0.3, -0.25) is 4.79 Å². The highest BCUT2D eigenvalue weighted by molar-refractivity contribution is 5.92. The molecule has 1 unspecified atom stereocenters. The minimum Gasteiger partial charge on any atom is -0.496 e. The number of ether oxygens (including phenoxy) is 4. The Hall–Kier alpha value is -2.76. The van der Waals surface area contributed by atoms with Crippen LogP contribution in [-0.4, -0.2) is 32.8 Å². The molecule has 1 aliphatic rings. The topological polar surface area (TPSA) is 71.1 Å². The lowest BCUT2D eigenvalue weighted by Crippen LogP contribution is -2.33. The Balaban J connectivity index is 2.17. The lowest BCUT2D eigenvalue weighted by atomic mass is 9.80. The maximum absolute atomic E-state index is 12.7. The van der Waals surface area contributed by atoms with Gasteiger partial charge in [0.25, 0.3) is 0 Å². The molecule has 25 heavy (non-hydrogen) atoms. The summed E-state index contributed by atoms with van der Waals surface area (Å²) in [5.74, 6) is 0.433. The second-order valence-electron chi connectivity index (χ2n) is 5.80. The van der Waals surface area contributed by atoms with Gasteiger partial charge in [-0.1, -0.05) is 18.2 Å². The normalized spacial score (nSPS) is 19.0. The number of benzene rings is 1. The molecule has 0 fully saturated rings. The van der Waals surface area contributed by atoms with Gasteiger partial charge in [-0.05, 0) is 20.3 Å². The highest BCUT2D eigenvalue weighted by Crippen LogP contribution is 2.35. The van der Waals surface area contributed by atoms with Gasteiger partial charge in [-0.2, -0.15) is 0 Å². The van der Waals surface area contributed by atoms with Gasteiger partial charge in [0.05, 0.1) is 26.2 Å². The molecule has 0 spiro atoms. The summed E-state index contributed by atoms with van der Waals surface area (Å²) >= 11 is 0. The molecular weight excluding hydrogens is 324 g/mol. The van der Waals surface area contributed by atoms with Crippen LogP contribution in [0.1, 0.15) is 20.3 Å². The van der Waals surface area contributed by atoms with Crippen molar-refractivity contribution >= 4 is 11.9 Å². The first kappa shape index (κ1) is 18.6. The Kier molecular flexibility index (Phi) is 5.85. The van der Waals surface area contributed by atoms with Crippen LogP contribution in [0.3, 0.4) is 0 Å². The van der Waals surface area contributed by atoms with Crippen LogP contribution in [-0.2, 0) is 14.3 Å². The van der Waals surface area contributed by atoms with E-state index in [1.165, 1.54) is 14.2 Å². The quantitative estimate of drug-likeness (QED) is 0.582. The van der Waals surface area contributed by atoms with Gasteiger partial charge < -0.3 is 18.9 Å². The maximum Gasteiger partial charge on any atom is 0.334 e. The number of carbonyl (C=O) groups is 2. The molecule has 1 aromatic rings. The zero-order chi connectivity index (χ0) is 18.4. The summed E-state index contributed by atoms with van der Waals surface area (Å²) in [4.78, 5) is 24.6. The number of carbonyl (C=O) groups excluding carboxylic acids is 2. The van der Waals surface area contributed by atoms with Crippen molar-refractivity contribution in [3.8, 4) is 17.2 Å². The van der Waals surface area contributed by atoms with Gasteiger partial charge >= 0.3 is 11.9 Å². The molecule has 134 valence electrons. The maximum atomic E-state index is 12.7. The molecule has 6 nitrogen and oxygen atoms in total. The Bertz CT molecular complexity index is 696. The molecule has 0 bridgehead atoms. The first-order valence-corrected chi connectivity index (χ1v) is 7.92. The van der Waals surface area contributed by atoms with E-state index < -0.39 is 17.4 Å². The molecule has 0 radical (unpaired) electrons. The second-order valence-corrected chi connectivity index (χ2v) is 5.80. The molecule has 1 aromatic carbocycles. The first-order valence-electron chi connectivity index (χ1n) is 7.92. The lowest BCUT2D eigenvalue weighted by molar-refractivity contribution is -0.143. The van der Waals surface area contributed by atoms with Crippen LogP contribution in [0.5, 0.6) is 17.2 Å². The van der Waals surface area contributed by atoms with Gasteiger partial charge in [0.15, 0.2) is 0 Å². The minimum absolute atomic E-state index is 0.211. The number of hydrogen-bond donors (Lipinski definition) is 0. The van der Waals surface area contributed by atoms with Crippen LogP contribution in [0.15, 0.2) is 42.0 Å². The van der Waals surface area contributed by atoms with E-state index in [-0.39, 0.29) is 13.0 Å². The van der Waals surface area contributed by atoms with E-state index in [9.17, 15) is 9.59 Å². The fourth-order valence-corrected chi connectivity index (χ4v) is 2.46. The molecule has 0 amide bonds. The fourth-order valence-electron chi connectivity index (χ4n) is 2.46. The van der Waals surface area contributed by atoms with E-state index in [4.69, 9.17) is 18.9 Å². The fraction of sp³-hybridized carbons (Fsp3) is 0.368. The number of hydrogen-bond acceptors (Lipinski definition) is 6. The highest BCUT2D eigenvalue weighted by atomic mass is 16.5. The van der Waals surface area contributed by atoms with E-state index in [2.05, 4.69) is 0 Å². The van der Waals surface area contributed by atoms with Crippen LogP contribution in [0.25, 0.3) is 0 Å². The van der Waals surface area contributed by atoms with Crippen LogP contribution in [0.2, 0.25) is 0 Å². The van der Waals surface area contributed by atoms with Crippen LogP contribution >= 0.6 is 0 Å². The molecule has 0 aromatic heterocycles. The van der Waals surface area contributed by atoms with Gasteiger partial charge in [-0.25, -0.2) is 4.79 Å². The standard InChI is InChI=1S/C19H22O6/c1-5-24-17(20)13-7-6-8-19(2,12-13)18(21)25-16-10-14(22-3)9-15(11-16)23-4/h6-11H,5,12H2,1-4H3. The van der Waals surface area contributed by atoms with Crippen molar-refractivity contribution in [3.63, 3.8) is 0 Å². The Morgan fingerprint density at radius 2 is 1.68 bits per heavy atom. The van der Waals surface area contributed by atoms with E-state index in [1.807, 2.05) is 0 Å². The molecule has 0 aliphatic heterocycles. The molecule has 1 atom stereocenters. The largest absolute Gasteiger partial charge is 0.496 e. The monoisotopic (exact) mass is 346 g/mol. The molecule has 2 rings (SSSR count). The van der Waals surface area contributed by atoms with Crippen LogP contribution in [0, 0.1) is 5.41 Å². The molecule has 0 heterocycles. The lowest BCUT2D eigenvalue weighted by Gasteiger charge is -2.26. The van der Waals surface area contributed by atoms with E-state index in [0.29, 0.717) is 22.8 Å². The van der Waals surface area contributed by atoms with Gasteiger partial charge in [0.1, 0.15) is 17.2 Å². The van der Waals surface area contributed by atoms with Crippen LogP contribution < -0.4 is 14.2 Å². The Morgan fingerprint density at radius 1 is 1.08 bits per heavy atom. The molecule has 0 saturated heterocycles. The minimum atomic E-state index is -0.965. The van der Waals surface area contributed by atoms with Crippen molar-refractivity contribution in [1.82, 2.24) is 0 Å². The number of methoxy groups -OCH3 is 2. The third-order valence-corrected chi connectivity index (χ3v) is 3.86. The van der Waals surface area contributed by atoms with Crippen molar-refractivity contribution in [3.05, 3.63) is 42.0 Å².